The number of methoxy groups -OCH3 is 1. The fourth-order valence-corrected chi connectivity index (χ4v) is 2.81. The van der Waals surface area contributed by atoms with Crippen LogP contribution in [0, 0.1) is 5.92 Å². The zero-order valence-corrected chi connectivity index (χ0v) is 12.2. The molecule has 0 saturated carbocycles. The number of hydrogen-bond donors (Lipinski definition) is 0. The topological polar surface area (TPSA) is 26.3 Å². The molecule has 2 unspecified atom stereocenters. The molecule has 0 saturated heterocycles. The molecule has 0 aromatic heterocycles. The lowest BCUT2D eigenvalue weighted by molar-refractivity contribution is -0.140. The van der Waals surface area contributed by atoms with Crippen LogP contribution < -0.4 is 0 Å². The van der Waals surface area contributed by atoms with E-state index in [-0.39, 0.29) is 11.2 Å². The second kappa shape index (κ2) is 9.75. The van der Waals surface area contributed by atoms with Gasteiger partial charge in [-0.25, -0.2) is 4.39 Å². The largest absolute Gasteiger partial charge is 0.468 e. The summed E-state index contributed by atoms with van der Waals surface area (Å²) in [6.45, 7) is 5.65. The molecule has 0 fully saturated rings. The van der Waals surface area contributed by atoms with Crippen LogP contribution >= 0.6 is 11.8 Å². The molecule has 0 aliphatic rings. The maximum absolute atomic E-state index is 12.5. The molecule has 0 spiro atoms. The first-order valence-corrected chi connectivity index (χ1v) is 7.37. The van der Waals surface area contributed by atoms with E-state index in [1.165, 1.54) is 7.11 Å². The SMILES string of the molecule is COC(=O)C(SCCCCCC(C)F)C(C)C. The smallest absolute Gasteiger partial charge is 0.319 e. The standard InChI is InChI=1S/C13H25FO2S/c1-10(2)12(13(15)16-4)17-9-7-5-6-8-11(3)14/h10-12H,5-9H2,1-4H3. The Kier molecular flexibility index (Phi) is 9.60. The van der Waals surface area contributed by atoms with Crippen LogP contribution in [-0.4, -0.2) is 30.3 Å². The fourth-order valence-electron chi connectivity index (χ4n) is 1.56. The number of ether oxygens (including phenoxy) is 1. The van der Waals surface area contributed by atoms with Crippen LogP contribution in [0.4, 0.5) is 4.39 Å². The molecule has 0 N–H and O–H groups in total. The van der Waals surface area contributed by atoms with Crippen LogP contribution in [0.1, 0.15) is 46.5 Å². The highest BCUT2D eigenvalue weighted by Gasteiger charge is 2.22. The summed E-state index contributed by atoms with van der Waals surface area (Å²) in [5.74, 6) is 1.10. The Labute approximate surface area is 109 Å². The molecule has 2 nitrogen and oxygen atoms in total. The number of esters is 1. The van der Waals surface area contributed by atoms with Crippen molar-refractivity contribution in [2.75, 3.05) is 12.9 Å². The van der Waals surface area contributed by atoms with Crippen molar-refractivity contribution in [2.24, 2.45) is 5.92 Å². The predicted octanol–water partition coefficient (Wildman–Crippen LogP) is 3.84. The van der Waals surface area contributed by atoms with Gasteiger partial charge in [-0.15, -0.1) is 11.8 Å². The van der Waals surface area contributed by atoms with Gasteiger partial charge < -0.3 is 4.74 Å². The maximum atomic E-state index is 12.5. The van der Waals surface area contributed by atoms with Crippen LogP contribution in [0.3, 0.4) is 0 Å². The Balaban J connectivity index is 3.65. The van der Waals surface area contributed by atoms with E-state index in [2.05, 4.69) is 0 Å². The van der Waals surface area contributed by atoms with Crippen molar-refractivity contribution in [1.82, 2.24) is 0 Å². The van der Waals surface area contributed by atoms with E-state index in [0.29, 0.717) is 12.3 Å². The van der Waals surface area contributed by atoms with Crippen LogP contribution in [0.5, 0.6) is 0 Å². The molecule has 0 bridgehead atoms. The molecule has 0 aliphatic heterocycles. The highest BCUT2D eigenvalue weighted by atomic mass is 32.2. The molecule has 0 amide bonds. The van der Waals surface area contributed by atoms with Gasteiger partial charge in [-0.1, -0.05) is 26.7 Å². The lowest BCUT2D eigenvalue weighted by Crippen LogP contribution is -2.24. The van der Waals surface area contributed by atoms with Gasteiger partial charge in [0.2, 0.25) is 0 Å². The Morgan fingerprint density at radius 2 is 1.88 bits per heavy atom. The number of thioether (sulfide) groups is 1. The predicted molar refractivity (Wildman–Crippen MR) is 72.1 cm³/mol. The third-order valence-corrected chi connectivity index (χ3v) is 4.20. The second-order valence-electron chi connectivity index (χ2n) is 4.69. The fraction of sp³-hybridized carbons (Fsp3) is 0.923. The summed E-state index contributed by atoms with van der Waals surface area (Å²) in [6.07, 6.45) is 2.96. The quantitative estimate of drug-likeness (QED) is 0.467. The number of hydrogen-bond acceptors (Lipinski definition) is 3. The van der Waals surface area contributed by atoms with Crippen LogP contribution in [0.2, 0.25) is 0 Å². The molecule has 4 heteroatoms. The Hall–Kier alpha value is -0.250. The molecule has 0 aliphatic carbocycles. The number of alkyl halides is 1. The summed E-state index contributed by atoms with van der Waals surface area (Å²) < 4.78 is 17.3. The minimum atomic E-state index is -0.693. The first kappa shape index (κ1) is 16.8. The van der Waals surface area contributed by atoms with E-state index in [0.717, 1.165) is 25.0 Å². The van der Waals surface area contributed by atoms with Gasteiger partial charge in [0, 0.05) is 0 Å². The average molecular weight is 264 g/mol. The summed E-state index contributed by atoms with van der Waals surface area (Å²) in [5, 5.41) is -0.0694. The van der Waals surface area contributed by atoms with E-state index in [1.807, 2.05) is 13.8 Å². The molecule has 0 aromatic rings. The number of rotatable bonds is 9. The zero-order valence-electron chi connectivity index (χ0n) is 11.4. The Morgan fingerprint density at radius 1 is 1.24 bits per heavy atom. The molecule has 17 heavy (non-hydrogen) atoms. The molecular weight excluding hydrogens is 239 g/mol. The van der Waals surface area contributed by atoms with Gasteiger partial charge >= 0.3 is 5.97 Å². The summed E-state index contributed by atoms with van der Waals surface area (Å²) >= 11 is 1.65. The van der Waals surface area contributed by atoms with E-state index < -0.39 is 6.17 Å². The number of halogens is 1. The van der Waals surface area contributed by atoms with Crippen LogP contribution in [0.15, 0.2) is 0 Å². The number of carbonyl (C=O) groups excluding carboxylic acids is 1. The third-order valence-electron chi connectivity index (χ3n) is 2.58. The monoisotopic (exact) mass is 264 g/mol. The van der Waals surface area contributed by atoms with Crippen molar-refractivity contribution < 1.29 is 13.9 Å². The van der Waals surface area contributed by atoms with Crippen LogP contribution in [0.25, 0.3) is 0 Å². The Bertz CT molecular complexity index is 208. The molecule has 0 rings (SSSR count). The van der Waals surface area contributed by atoms with Crippen molar-refractivity contribution in [3.63, 3.8) is 0 Å². The van der Waals surface area contributed by atoms with Gasteiger partial charge in [0.1, 0.15) is 5.25 Å². The number of unbranched alkanes of at least 4 members (excludes halogenated alkanes) is 2. The van der Waals surface area contributed by atoms with Crippen molar-refractivity contribution in [3.8, 4) is 0 Å². The minimum absolute atomic E-state index is 0.0694. The van der Waals surface area contributed by atoms with E-state index in [4.69, 9.17) is 4.74 Å². The van der Waals surface area contributed by atoms with E-state index >= 15 is 0 Å². The van der Waals surface area contributed by atoms with Crippen LogP contribution in [-0.2, 0) is 9.53 Å². The summed E-state index contributed by atoms with van der Waals surface area (Å²) in [4.78, 5) is 11.5. The molecular formula is C13H25FO2S. The minimum Gasteiger partial charge on any atom is -0.468 e. The molecule has 0 heterocycles. The first-order chi connectivity index (χ1) is 7.99. The summed E-state index contributed by atoms with van der Waals surface area (Å²) in [7, 11) is 1.43. The highest BCUT2D eigenvalue weighted by Crippen LogP contribution is 2.22. The molecule has 0 radical (unpaired) electrons. The molecule has 0 aromatic carbocycles. The van der Waals surface area contributed by atoms with Gasteiger partial charge in [-0.2, -0.15) is 0 Å². The maximum Gasteiger partial charge on any atom is 0.319 e. The van der Waals surface area contributed by atoms with Gasteiger partial charge in [0.15, 0.2) is 0 Å². The second-order valence-corrected chi connectivity index (χ2v) is 5.94. The van der Waals surface area contributed by atoms with Crippen molar-refractivity contribution >= 4 is 17.7 Å². The highest BCUT2D eigenvalue weighted by molar-refractivity contribution is 8.00. The third kappa shape index (κ3) is 8.47. The van der Waals surface area contributed by atoms with Gasteiger partial charge in [0.05, 0.1) is 13.3 Å². The lowest BCUT2D eigenvalue weighted by Gasteiger charge is -2.17. The number of carbonyl (C=O) groups is 1. The summed E-state index contributed by atoms with van der Waals surface area (Å²) in [5.41, 5.74) is 0. The zero-order chi connectivity index (χ0) is 13.3. The van der Waals surface area contributed by atoms with Gasteiger partial charge in [0.25, 0.3) is 0 Å². The lowest BCUT2D eigenvalue weighted by atomic mass is 10.1. The first-order valence-electron chi connectivity index (χ1n) is 6.32. The summed E-state index contributed by atoms with van der Waals surface area (Å²) in [6, 6.07) is 0. The molecule has 2 atom stereocenters. The van der Waals surface area contributed by atoms with Gasteiger partial charge in [-0.3, -0.25) is 4.79 Å². The van der Waals surface area contributed by atoms with Crippen molar-refractivity contribution in [1.29, 1.82) is 0 Å². The van der Waals surface area contributed by atoms with E-state index in [1.54, 1.807) is 18.7 Å². The average Bonchev–Trinajstić information content (AvgIpc) is 2.26. The van der Waals surface area contributed by atoms with Crippen molar-refractivity contribution in [3.05, 3.63) is 0 Å². The van der Waals surface area contributed by atoms with E-state index in [9.17, 15) is 9.18 Å². The van der Waals surface area contributed by atoms with Gasteiger partial charge in [-0.05, 0) is 31.4 Å². The normalized spacial score (nSPS) is 14.7. The Morgan fingerprint density at radius 3 is 2.35 bits per heavy atom. The molecule has 102 valence electrons. The van der Waals surface area contributed by atoms with Crippen molar-refractivity contribution in [2.45, 2.75) is 57.9 Å².